The fraction of sp³-hybridized carbons (Fsp3) is 0.355. The number of halogens is 3. The monoisotopic (exact) mass is 615 g/mol. The summed E-state index contributed by atoms with van der Waals surface area (Å²) in [7, 11) is 1.73. The average Bonchev–Trinajstić information content (AvgIpc) is 3.00. The molecular weight excluding hydrogens is 584 g/mol. The molecule has 1 fully saturated rings. The van der Waals surface area contributed by atoms with E-state index >= 15 is 0 Å². The van der Waals surface area contributed by atoms with E-state index in [9.17, 15) is 14.0 Å². The summed E-state index contributed by atoms with van der Waals surface area (Å²) in [5.74, 6) is 0.0187. The molecular formula is C31H32Cl2FN3O5. The zero-order valence-electron chi connectivity index (χ0n) is 23.4. The highest BCUT2D eigenvalue weighted by Crippen LogP contribution is 2.39. The number of carbonyl (C=O) groups excluding carboxylic acids is 2. The molecule has 222 valence electrons. The van der Waals surface area contributed by atoms with Crippen molar-refractivity contribution >= 4 is 40.7 Å². The molecule has 0 spiro atoms. The van der Waals surface area contributed by atoms with Gasteiger partial charge in [0, 0.05) is 38.3 Å². The minimum absolute atomic E-state index is 0.198. The molecule has 2 aliphatic heterocycles. The van der Waals surface area contributed by atoms with Crippen LogP contribution >= 0.6 is 23.2 Å². The number of fused-ring (bicyclic) bond motifs is 1. The first-order chi connectivity index (χ1) is 20.2. The maximum atomic E-state index is 14.7. The molecule has 0 bridgehead atoms. The van der Waals surface area contributed by atoms with Gasteiger partial charge in [0.25, 0.3) is 5.91 Å². The topological polar surface area (TPSA) is 71.6 Å². The normalized spacial score (nSPS) is 16.0. The molecule has 2 heterocycles. The third-order valence-electron chi connectivity index (χ3n) is 7.49. The minimum atomic E-state index is -0.354. The summed E-state index contributed by atoms with van der Waals surface area (Å²) in [4.78, 5) is 31.8. The van der Waals surface area contributed by atoms with Crippen molar-refractivity contribution in [2.24, 2.45) is 0 Å². The van der Waals surface area contributed by atoms with Crippen LogP contribution in [0.3, 0.4) is 0 Å². The lowest BCUT2D eigenvalue weighted by Crippen LogP contribution is -2.48. The summed E-state index contributed by atoms with van der Waals surface area (Å²) in [5, 5.41) is 0.555. The van der Waals surface area contributed by atoms with Crippen LogP contribution in [-0.4, -0.2) is 81.3 Å². The first-order valence-corrected chi connectivity index (χ1v) is 14.5. The molecule has 0 aliphatic carbocycles. The molecule has 8 nitrogen and oxygen atoms in total. The smallest absolute Gasteiger partial charge is 0.265 e. The lowest BCUT2D eigenvalue weighted by molar-refractivity contribution is -0.133. The van der Waals surface area contributed by atoms with Crippen molar-refractivity contribution in [3.8, 4) is 22.6 Å². The molecule has 5 rings (SSSR count). The Bertz CT molecular complexity index is 1450. The lowest BCUT2D eigenvalue weighted by Gasteiger charge is -2.37. The second kappa shape index (κ2) is 13.3. The van der Waals surface area contributed by atoms with Gasteiger partial charge in [-0.3, -0.25) is 19.4 Å². The summed E-state index contributed by atoms with van der Waals surface area (Å²) < 4.78 is 31.3. The van der Waals surface area contributed by atoms with Gasteiger partial charge in [-0.25, -0.2) is 4.39 Å². The van der Waals surface area contributed by atoms with E-state index < -0.39 is 0 Å². The van der Waals surface area contributed by atoms with E-state index in [1.165, 1.54) is 17.0 Å². The van der Waals surface area contributed by atoms with Gasteiger partial charge >= 0.3 is 0 Å². The van der Waals surface area contributed by atoms with Crippen molar-refractivity contribution in [2.75, 3.05) is 64.6 Å². The van der Waals surface area contributed by atoms with Gasteiger partial charge in [-0.15, -0.1) is 0 Å². The number of carbonyl (C=O) groups is 2. The number of ether oxygens (including phenoxy) is 3. The number of likely N-dealkylation sites (N-methyl/N-ethyl adjacent to an activating group) is 1. The zero-order valence-corrected chi connectivity index (χ0v) is 25.0. The largest absolute Gasteiger partial charge is 0.494 e. The van der Waals surface area contributed by atoms with Gasteiger partial charge in [0.1, 0.15) is 23.9 Å². The number of rotatable bonds is 9. The summed E-state index contributed by atoms with van der Waals surface area (Å²) in [5.41, 5.74) is 2.41. The second-order valence-electron chi connectivity index (χ2n) is 10.1. The number of nitrogens with zero attached hydrogens (tertiary/aromatic N) is 3. The van der Waals surface area contributed by atoms with E-state index in [1.807, 2.05) is 31.2 Å². The Labute approximate surface area is 254 Å². The van der Waals surface area contributed by atoms with Crippen molar-refractivity contribution in [3.05, 3.63) is 76.0 Å². The number of hydrogen-bond acceptors (Lipinski definition) is 6. The Morgan fingerprint density at radius 3 is 2.50 bits per heavy atom. The lowest BCUT2D eigenvalue weighted by atomic mass is 9.99. The number of benzene rings is 3. The fourth-order valence-electron chi connectivity index (χ4n) is 5.14. The Morgan fingerprint density at radius 1 is 1.07 bits per heavy atom. The molecule has 11 heteroatoms. The van der Waals surface area contributed by atoms with Crippen molar-refractivity contribution < 1.29 is 28.2 Å². The van der Waals surface area contributed by atoms with Crippen LogP contribution in [0.25, 0.3) is 11.1 Å². The predicted octanol–water partition coefficient (Wildman–Crippen LogP) is 5.46. The van der Waals surface area contributed by atoms with Crippen LogP contribution in [0.4, 0.5) is 10.1 Å². The first-order valence-electron chi connectivity index (χ1n) is 13.8. The molecule has 3 aromatic carbocycles. The van der Waals surface area contributed by atoms with Crippen LogP contribution in [-0.2, 0) is 14.3 Å². The first kappa shape index (κ1) is 30.1. The molecule has 0 N–H and O–H groups in total. The fourth-order valence-corrected chi connectivity index (χ4v) is 5.45. The summed E-state index contributed by atoms with van der Waals surface area (Å²) in [6, 6.07) is 14.9. The van der Waals surface area contributed by atoms with Gasteiger partial charge in [-0.2, -0.15) is 0 Å². The van der Waals surface area contributed by atoms with E-state index in [4.69, 9.17) is 37.4 Å². The maximum Gasteiger partial charge on any atom is 0.265 e. The SMILES string of the molecule is CCOc1ccc(F)c(-c2ccc(C(CN3CCOCC3)N(C)C(=O)CN3C(=O)COc4cc(Cl)c(Cl)cc43)cc2)c1. The van der Waals surface area contributed by atoms with E-state index in [1.54, 1.807) is 30.1 Å². The summed E-state index contributed by atoms with van der Waals surface area (Å²) in [6.07, 6.45) is 0. The van der Waals surface area contributed by atoms with Crippen LogP contribution in [0.15, 0.2) is 54.6 Å². The molecule has 0 radical (unpaired) electrons. The number of hydrogen-bond donors (Lipinski definition) is 0. The Balaban J connectivity index is 1.41. The highest BCUT2D eigenvalue weighted by molar-refractivity contribution is 6.42. The molecule has 1 atom stereocenters. The third kappa shape index (κ3) is 6.65. The zero-order chi connectivity index (χ0) is 29.8. The minimum Gasteiger partial charge on any atom is -0.494 e. The van der Waals surface area contributed by atoms with Crippen molar-refractivity contribution in [3.63, 3.8) is 0 Å². The molecule has 3 aromatic rings. The molecule has 0 aromatic heterocycles. The number of amides is 2. The van der Waals surface area contributed by atoms with Crippen LogP contribution < -0.4 is 14.4 Å². The van der Waals surface area contributed by atoms with Crippen molar-refractivity contribution in [1.82, 2.24) is 9.80 Å². The van der Waals surface area contributed by atoms with E-state index in [0.717, 1.165) is 18.7 Å². The van der Waals surface area contributed by atoms with Crippen molar-refractivity contribution in [2.45, 2.75) is 13.0 Å². The van der Waals surface area contributed by atoms with Crippen LogP contribution in [0.5, 0.6) is 11.5 Å². The van der Waals surface area contributed by atoms with Gasteiger partial charge in [-0.05, 0) is 42.3 Å². The Hall–Kier alpha value is -3.37. The highest BCUT2D eigenvalue weighted by Gasteiger charge is 2.32. The third-order valence-corrected chi connectivity index (χ3v) is 8.21. The van der Waals surface area contributed by atoms with Gasteiger partial charge in [0.05, 0.1) is 41.6 Å². The molecule has 2 amide bonds. The molecule has 0 saturated carbocycles. The van der Waals surface area contributed by atoms with E-state index in [-0.39, 0.29) is 41.8 Å². The number of anilines is 1. The Kier molecular flexibility index (Phi) is 9.53. The Morgan fingerprint density at radius 2 is 1.79 bits per heavy atom. The summed E-state index contributed by atoms with van der Waals surface area (Å²) in [6.45, 7) is 5.22. The number of morpholine rings is 1. The van der Waals surface area contributed by atoms with Gasteiger partial charge in [0.2, 0.25) is 5.91 Å². The predicted molar refractivity (Wildman–Crippen MR) is 160 cm³/mol. The van der Waals surface area contributed by atoms with Gasteiger partial charge < -0.3 is 19.1 Å². The van der Waals surface area contributed by atoms with Gasteiger partial charge in [0.15, 0.2) is 6.61 Å². The average molecular weight is 617 g/mol. The van der Waals surface area contributed by atoms with Crippen molar-refractivity contribution in [1.29, 1.82) is 0 Å². The quantitative estimate of drug-likeness (QED) is 0.318. The van der Waals surface area contributed by atoms with Gasteiger partial charge in [-0.1, -0.05) is 47.5 Å². The van der Waals surface area contributed by atoms with Crippen LogP contribution in [0.1, 0.15) is 18.5 Å². The van der Waals surface area contributed by atoms with E-state index in [2.05, 4.69) is 4.90 Å². The molecule has 1 saturated heterocycles. The molecule has 42 heavy (non-hydrogen) atoms. The highest BCUT2D eigenvalue weighted by atomic mass is 35.5. The summed E-state index contributed by atoms with van der Waals surface area (Å²) >= 11 is 12.4. The standard InChI is InChI=1S/C31H32Cl2FN3O5/c1-3-41-22-8-9-26(34)23(14-22)20-4-6-21(7-5-20)28(17-36-10-12-40-13-11-36)35(2)30(38)18-37-27-15-24(32)25(33)16-29(27)42-19-31(37)39/h4-9,14-16,28H,3,10-13,17-19H2,1-2H3. The second-order valence-corrected chi connectivity index (χ2v) is 10.9. The molecule has 2 aliphatic rings. The van der Waals surface area contributed by atoms with E-state index in [0.29, 0.717) is 59.7 Å². The molecule has 1 unspecified atom stereocenters. The maximum absolute atomic E-state index is 14.7. The van der Waals surface area contributed by atoms with Crippen LogP contribution in [0, 0.1) is 5.82 Å². The van der Waals surface area contributed by atoms with Crippen LogP contribution in [0.2, 0.25) is 10.0 Å².